The number of anilines is 1. The number of nitrogens with one attached hydrogen (secondary N) is 1. The molecule has 41 heavy (non-hydrogen) atoms. The van der Waals surface area contributed by atoms with Gasteiger partial charge in [-0.3, -0.25) is 9.32 Å². The highest BCUT2D eigenvalue weighted by Gasteiger charge is 2.65. The van der Waals surface area contributed by atoms with Crippen LogP contribution in [0.2, 0.25) is 0 Å². The normalized spacial score (nSPS) is 25.5. The minimum absolute atomic E-state index is 0.161. The smallest absolute Gasteiger partial charge is 0.462 e. The second-order valence-electron chi connectivity index (χ2n) is 9.62. The Labute approximate surface area is 234 Å². The van der Waals surface area contributed by atoms with Gasteiger partial charge in [-0.1, -0.05) is 18.2 Å². The number of nitrogen functional groups attached to an aromatic ring is 1. The zero-order valence-corrected chi connectivity index (χ0v) is 23.1. The molecule has 6 atom stereocenters. The quantitative estimate of drug-likeness (QED) is 0.259. The summed E-state index contributed by atoms with van der Waals surface area (Å²) in [6.07, 6.45) is -3.61. The molecule has 4 heterocycles. The lowest BCUT2D eigenvalue weighted by Crippen LogP contribution is -2.46. The van der Waals surface area contributed by atoms with Crippen molar-refractivity contribution in [2.45, 2.75) is 56.8 Å². The van der Waals surface area contributed by atoms with Gasteiger partial charge in [0.25, 0.3) is 0 Å². The van der Waals surface area contributed by atoms with Gasteiger partial charge in [-0.15, -0.1) is 0 Å². The van der Waals surface area contributed by atoms with Gasteiger partial charge in [0.2, 0.25) is 5.60 Å². The molecule has 3 aromatic rings. The van der Waals surface area contributed by atoms with Crippen molar-refractivity contribution in [2.75, 3.05) is 12.3 Å². The number of rotatable bonds is 10. The molecule has 2 aliphatic rings. The fourth-order valence-electron chi connectivity index (χ4n) is 4.48. The second-order valence-corrected chi connectivity index (χ2v) is 11.3. The van der Waals surface area contributed by atoms with E-state index in [1.807, 2.05) is 6.07 Å². The highest BCUT2D eigenvalue weighted by atomic mass is 31.2. The molecule has 216 valence electrons. The van der Waals surface area contributed by atoms with Gasteiger partial charge in [0.1, 0.15) is 42.4 Å². The summed E-state index contributed by atoms with van der Waals surface area (Å²) in [7, 11) is -4.39. The third-order valence-corrected chi connectivity index (χ3v) is 7.94. The summed E-state index contributed by atoms with van der Waals surface area (Å²) in [6.45, 7) is 4.05. The Bertz CT molecular complexity index is 1540. The largest absolute Gasteiger partial charge is 0.509 e. The maximum Gasteiger partial charge on any atom is 0.509 e. The molecule has 1 aromatic carbocycles. The molecule has 2 aliphatic heterocycles. The molecule has 15 nitrogen and oxygen atoms in total. The van der Waals surface area contributed by atoms with Gasteiger partial charge in [0.05, 0.1) is 11.8 Å². The number of nitriles is 1. The fraction of sp³-hybridized carbons (Fsp3) is 0.400. The van der Waals surface area contributed by atoms with Crippen LogP contribution in [-0.2, 0) is 32.8 Å². The van der Waals surface area contributed by atoms with Gasteiger partial charge < -0.3 is 29.2 Å². The predicted octanol–water partition coefficient (Wildman–Crippen LogP) is 2.68. The highest BCUT2D eigenvalue weighted by Crippen LogP contribution is 2.51. The molecule has 0 radical (unpaired) electrons. The number of hydrogen-bond acceptors (Lipinski definition) is 13. The van der Waals surface area contributed by atoms with Gasteiger partial charge in [0, 0.05) is 0 Å². The molecule has 0 aliphatic carbocycles. The van der Waals surface area contributed by atoms with E-state index in [2.05, 4.69) is 15.2 Å². The van der Waals surface area contributed by atoms with E-state index in [-0.39, 0.29) is 11.6 Å². The van der Waals surface area contributed by atoms with E-state index in [1.54, 1.807) is 44.2 Å². The van der Waals surface area contributed by atoms with E-state index < -0.39 is 62.5 Å². The van der Waals surface area contributed by atoms with Crippen LogP contribution in [0.15, 0.2) is 48.8 Å². The number of carbonyl (C=O) groups excluding carboxylic acids is 2. The van der Waals surface area contributed by atoms with Crippen molar-refractivity contribution in [3.05, 3.63) is 54.5 Å². The van der Waals surface area contributed by atoms with Gasteiger partial charge >= 0.3 is 19.9 Å². The van der Waals surface area contributed by atoms with Crippen LogP contribution in [0.4, 0.5) is 10.6 Å². The Morgan fingerprint density at radius 3 is 2.71 bits per heavy atom. The SMILES string of the molecule is CC(C)OC(=O)[C@H](C)N[P@](=O)(OC[C@@]1(C#N)O[C@@H](c2ccc3c(N)ncnn23)[C@@H]2OC(=O)O[C@@H]21)Oc1ccccc1. The summed E-state index contributed by atoms with van der Waals surface area (Å²) in [4.78, 5) is 28.6. The zero-order valence-electron chi connectivity index (χ0n) is 22.2. The van der Waals surface area contributed by atoms with Crippen molar-refractivity contribution in [1.82, 2.24) is 19.7 Å². The summed E-state index contributed by atoms with van der Waals surface area (Å²) in [5.41, 5.74) is 4.80. The number of benzene rings is 1. The Morgan fingerprint density at radius 2 is 2.00 bits per heavy atom. The van der Waals surface area contributed by atoms with Crippen molar-refractivity contribution in [2.24, 2.45) is 0 Å². The number of carbonyl (C=O) groups is 2. The number of ether oxygens (including phenoxy) is 4. The van der Waals surface area contributed by atoms with E-state index in [9.17, 15) is 19.4 Å². The fourth-order valence-corrected chi connectivity index (χ4v) is 6.00. The Morgan fingerprint density at radius 1 is 1.24 bits per heavy atom. The van der Waals surface area contributed by atoms with Gasteiger partial charge in [-0.05, 0) is 45.0 Å². The van der Waals surface area contributed by atoms with Gasteiger partial charge in [-0.25, -0.2) is 18.9 Å². The number of para-hydroxylation sites is 1. The summed E-state index contributed by atoms with van der Waals surface area (Å²) < 4.78 is 48.8. The topological polar surface area (TPSA) is 199 Å². The number of esters is 1. The lowest BCUT2D eigenvalue weighted by atomic mass is 9.96. The van der Waals surface area contributed by atoms with Crippen molar-refractivity contribution in [1.29, 1.82) is 5.26 Å². The minimum Gasteiger partial charge on any atom is -0.462 e. The van der Waals surface area contributed by atoms with Crippen LogP contribution in [0.5, 0.6) is 5.75 Å². The summed E-state index contributed by atoms with van der Waals surface area (Å²) in [5, 5.41) is 17.0. The molecule has 0 spiro atoms. The maximum absolute atomic E-state index is 14.0. The Kier molecular flexibility index (Phi) is 7.58. The van der Waals surface area contributed by atoms with Crippen LogP contribution >= 0.6 is 7.75 Å². The average Bonchev–Trinajstić information content (AvgIpc) is 3.61. The first kappa shape index (κ1) is 28.3. The molecular weight excluding hydrogens is 559 g/mol. The number of nitrogens with two attached hydrogens (primary N) is 1. The average molecular weight is 586 g/mol. The summed E-state index contributed by atoms with van der Waals surface area (Å²) >= 11 is 0. The molecule has 2 saturated heterocycles. The van der Waals surface area contributed by atoms with E-state index >= 15 is 0 Å². The third kappa shape index (κ3) is 5.55. The Balaban J connectivity index is 1.44. The van der Waals surface area contributed by atoms with E-state index in [4.69, 9.17) is 33.7 Å². The maximum atomic E-state index is 14.0. The Hall–Kier alpha value is -4.22. The highest BCUT2D eigenvalue weighted by molar-refractivity contribution is 7.52. The molecule has 3 N–H and O–H groups in total. The first-order valence-corrected chi connectivity index (χ1v) is 14.1. The van der Waals surface area contributed by atoms with E-state index in [0.29, 0.717) is 11.2 Å². The molecule has 0 saturated carbocycles. The van der Waals surface area contributed by atoms with Crippen molar-refractivity contribution >= 4 is 31.2 Å². The lowest BCUT2D eigenvalue weighted by molar-refractivity contribution is -0.149. The molecular formula is C25H27N6O9P. The van der Waals surface area contributed by atoms with Crippen molar-refractivity contribution in [3.63, 3.8) is 0 Å². The van der Waals surface area contributed by atoms with E-state index in [1.165, 1.54) is 29.9 Å². The number of aromatic nitrogens is 3. The molecule has 16 heteroatoms. The molecule has 2 fully saturated rings. The minimum atomic E-state index is -4.39. The molecule has 0 bridgehead atoms. The lowest BCUT2D eigenvalue weighted by Gasteiger charge is -2.28. The van der Waals surface area contributed by atoms with Gasteiger partial charge in [-0.2, -0.15) is 15.4 Å². The number of fused-ring (bicyclic) bond motifs is 2. The zero-order chi connectivity index (χ0) is 29.4. The molecule has 0 amide bonds. The summed E-state index contributed by atoms with van der Waals surface area (Å²) in [6, 6.07) is 12.2. The van der Waals surface area contributed by atoms with E-state index in [0.717, 1.165) is 0 Å². The first-order valence-electron chi connectivity index (χ1n) is 12.6. The predicted molar refractivity (Wildman–Crippen MR) is 139 cm³/mol. The first-order chi connectivity index (χ1) is 19.5. The van der Waals surface area contributed by atoms with Gasteiger partial charge in [0.15, 0.2) is 18.0 Å². The molecule has 0 unspecified atom stereocenters. The van der Waals surface area contributed by atoms with Crippen LogP contribution < -0.4 is 15.3 Å². The summed E-state index contributed by atoms with van der Waals surface area (Å²) in [5.74, 6) is -0.341. The third-order valence-electron chi connectivity index (χ3n) is 6.32. The van der Waals surface area contributed by atoms with Crippen molar-refractivity contribution < 1.29 is 42.1 Å². The second kappa shape index (κ2) is 11.0. The standard InChI is InChI=1S/C25H27N6O9P/c1-14(2)36-23(32)15(3)30-41(34,40-16-7-5-4-6-8-16)35-12-25(11-26)21-20(37-24(33)38-21)19(39-25)17-9-10-18-22(27)28-13-29-31(17)18/h4-10,13-15,19-21H,12H2,1-3H3,(H,30,34)(H2,27,28,29)/t15-,19-,20-,21-,25+,41-/m0/s1. The van der Waals surface area contributed by atoms with Crippen LogP contribution in [0.1, 0.15) is 32.6 Å². The molecule has 5 rings (SSSR count). The van der Waals surface area contributed by atoms with Crippen molar-refractivity contribution in [3.8, 4) is 11.8 Å². The number of hydrogen-bond donors (Lipinski definition) is 2. The number of nitrogens with zero attached hydrogens (tertiary/aromatic N) is 4. The van der Waals surface area contributed by atoms with Crippen LogP contribution in [0.25, 0.3) is 5.52 Å². The van der Waals surface area contributed by atoms with Crippen LogP contribution in [0, 0.1) is 11.3 Å². The van der Waals surface area contributed by atoms with Crippen LogP contribution in [-0.4, -0.2) is 63.3 Å². The molecule has 2 aromatic heterocycles. The monoisotopic (exact) mass is 586 g/mol. The van der Waals surface area contributed by atoms with Crippen LogP contribution in [0.3, 0.4) is 0 Å².